The second kappa shape index (κ2) is 5.84. The fourth-order valence-corrected chi connectivity index (χ4v) is 3.09. The molecule has 1 aliphatic heterocycles. The summed E-state index contributed by atoms with van der Waals surface area (Å²) in [6.07, 6.45) is 4.09. The highest BCUT2D eigenvalue weighted by atomic mass is 32.2. The molecule has 1 fully saturated rings. The average molecular weight is 298 g/mol. The first kappa shape index (κ1) is 14.9. The number of amides is 1. The third-order valence-corrected chi connectivity index (χ3v) is 4.52. The molecule has 0 saturated carbocycles. The van der Waals surface area contributed by atoms with E-state index in [2.05, 4.69) is 15.3 Å². The van der Waals surface area contributed by atoms with Gasteiger partial charge in [-0.25, -0.2) is 22.7 Å². The van der Waals surface area contributed by atoms with Gasteiger partial charge in [0, 0.05) is 25.0 Å². The summed E-state index contributed by atoms with van der Waals surface area (Å²) >= 11 is 0. The van der Waals surface area contributed by atoms with Crippen LogP contribution in [0.5, 0.6) is 0 Å². The monoisotopic (exact) mass is 298 g/mol. The molecule has 1 N–H and O–H groups in total. The van der Waals surface area contributed by atoms with Gasteiger partial charge in [-0.15, -0.1) is 0 Å². The normalized spacial score (nSPS) is 20.6. The molecule has 0 bridgehead atoms. The lowest BCUT2D eigenvalue weighted by Crippen LogP contribution is -2.43. The smallest absolute Gasteiger partial charge is 0.231 e. The van der Waals surface area contributed by atoms with Crippen molar-refractivity contribution in [3.05, 3.63) is 18.0 Å². The Hall–Kier alpha value is -1.54. The first-order valence-corrected chi connectivity index (χ1v) is 8.27. The summed E-state index contributed by atoms with van der Waals surface area (Å²) in [4.78, 5) is 20.2. The van der Waals surface area contributed by atoms with Crippen LogP contribution in [-0.4, -0.2) is 47.9 Å². The van der Waals surface area contributed by atoms with Crippen molar-refractivity contribution >= 4 is 21.9 Å². The molecular formula is C12H18N4O3S. The van der Waals surface area contributed by atoms with Gasteiger partial charge >= 0.3 is 0 Å². The second-order valence-corrected chi connectivity index (χ2v) is 6.95. The van der Waals surface area contributed by atoms with Crippen LogP contribution in [0, 0.1) is 12.8 Å². The molecule has 0 aliphatic carbocycles. The van der Waals surface area contributed by atoms with Crippen LogP contribution in [0.2, 0.25) is 0 Å². The number of aromatic nitrogens is 2. The molecule has 0 spiro atoms. The maximum Gasteiger partial charge on any atom is 0.231 e. The molecule has 8 heteroatoms. The van der Waals surface area contributed by atoms with E-state index in [-0.39, 0.29) is 24.3 Å². The Kier molecular flexibility index (Phi) is 4.34. The third-order valence-electron chi connectivity index (χ3n) is 3.25. The number of sulfonamides is 1. The van der Waals surface area contributed by atoms with E-state index in [9.17, 15) is 13.2 Å². The fraction of sp³-hybridized carbons (Fsp3) is 0.583. The number of carbonyl (C=O) groups is 1. The number of carbonyl (C=O) groups excluding carboxylic acids is 1. The quantitative estimate of drug-likeness (QED) is 0.871. The van der Waals surface area contributed by atoms with Gasteiger partial charge in [0.15, 0.2) is 0 Å². The zero-order chi connectivity index (χ0) is 14.8. The van der Waals surface area contributed by atoms with E-state index in [1.807, 2.05) is 6.92 Å². The second-order valence-electron chi connectivity index (χ2n) is 4.97. The third kappa shape index (κ3) is 3.73. The molecule has 1 amide bonds. The van der Waals surface area contributed by atoms with Gasteiger partial charge in [-0.05, 0) is 25.8 Å². The van der Waals surface area contributed by atoms with Crippen molar-refractivity contribution in [3.63, 3.8) is 0 Å². The summed E-state index contributed by atoms with van der Waals surface area (Å²) in [6.45, 7) is 2.50. The van der Waals surface area contributed by atoms with E-state index in [0.717, 1.165) is 11.9 Å². The minimum Gasteiger partial charge on any atom is -0.294 e. The van der Waals surface area contributed by atoms with Crippen LogP contribution in [0.1, 0.15) is 18.5 Å². The van der Waals surface area contributed by atoms with E-state index in [4.69, 9.17) is 0 Å². The number of rotatable bonds is 3. The largest absolute Gasteiger partial charge is 0.294 e. The summed E-state index contributed by atoms with van der Waals surface area (Å²) in [6, 6.07) is 1.74. The predicted molar refractivity (Wildman–Crippen MR) is 74.5 cm³/mol. The molecule has 7 nitrogen and oxygen atoms in total. The summed E-state index contributed by atoms with van der Waals surface area (Å²) in [5, 5.41) is 2.64. The Morgan fingerprint density at radius 1 is 1.50 bits per heavy atom. The number of anilines is 1. The highest BCUT2D eigenvalue weighted by molar-refractivity contribution is 7.88. The SMILES string of the molecule is Cc1ccnc(NC(=O)C2CCCN(S(C)(=O)=O)C2)n1. The summed E-state index contributed by atoms with van der Waals surface area (Å²) in [7, 11) is -3.25. The maximum atomic E-state index is 12.1. The van der Waals surface area contributed by atoms with Crippen LogP contribution in [0.25, 0.3) is 0 Å². The molecule has 1 atom stereocenters. The fourth-order valence-electron chi connectivity index (χ4n) is 2.18. The van der Waals surface area contributed by atoms with Crippen LogP contribution in [0.4, 0.5) is 5.95 Å². The van der Waals surface area contributed by atoms with Crippen LogP contribution in [-0.2, 0) is 14.8 Å². The lowest BCUT2D eigenvalue weighted by atomic mass is 9.99. The molecule has 110 valence electrons. The van der Waals surface area contributed by atoms with Crippen molar-refractivity contribution < 1.29 is 13.2 Å². The van der Waals surface area contributed by atoms with Crippen molar-refractivity contribution in [2.24, 2.45) is 5.92 Å². The van der Waals surface area contributed by atoms with E-state index in [1.54, 1.807) is 12.3 Å². The predicted octanol–water partition coefficient (Wildman–Crippen LogP) is 0.395. The number of piperidine rings is 1. The summed E-state index contributed by atoms with van der Waals surface area (Å²) < 4.78 is 24.4. The average Bonchev–Trinajstić information content (AvgIpc) is 2.38. The van der Waals surface area contributed by atoms with Gasteiger partial charge in [-0.3, -0.25) is 10.1 Å². The maximum absolute atomic E-state index is 12.1. The van der Waals surface area contributed by atoms with E-state index < -0.39 is 10.0 Å². The number of hydrogen-bond acceptors (Lipinski definition) is 5. The Morgan fingerprint density at radius 2 is 2.25 bits per heavy atom. The van der Waals surface area contributed by atoms with Gasteiger partial charge in [0.25, 0.3) is 0 Å². The Balaban J connectivity index is 2.02. The lowest BCUT2D eigenvalue weighted by molar-refractivity contribution is -0.120. The van der Waals surface area contributed by atoms with Crippen molar-refractivity contribution in [3.8, 4) is 0 Å². The van der Waals surface area contributed by atoms with Gasteiger partial charge in [0.05, 0.1) is 12.2 Å². The zero-order valence-corrected chi connectivity index (χ0v) is 12.4. The van der Waals surface area contributed by atoms with Crippen molar-refractivity contribution in [1.82, 2.24) is 14.3 Å². The molecule has 0 radical (unpaired) electrons. The van der Waals surface area contributed by atoms with Gasteiger partial charge in [-0.1, -0.05) is 0 Å². The molecule has 1 aromatic rings. The van der Waals surface area contributed by atoms with Gasteiger partial charge < -0.3 is 0 Å². The first-order valence-electron chi connectivity index (χ1n) is 6.42. The molecule has 1 aliphatic rings. The molecule has 1 saturated heterocycles. The highest BCUT2D eigenvalue weighted by Crippen LogP contribution is 2.19. The summed E-state index contributed by atoms with van der Waals surface area (Å²) in [5.74, 6) is -0.335. The molecule has 0 aromatic carbocycles. The van der Waals surface area contributed by atoms with Crippen molar-refractivity contribution in [2.45, 2.75) is 19.8 Å². The van der Waals surface area contributed by atoms with Gasteiger partial charge in [0.1, 0.15) is 0 Å². The van der Waals surface area contributed by atoms with E-state index in [0.29, 0.717) is 19.4 Å². The Bertz CT molecular complexity index is 602. The van der Waals surface area contributed by atoms with Crippen LogP contribution in [0.3, 0.4) is 0 Å². The summed E-state index contributed by atoms with van der Waals surface area (Å²) in [5.41, 5.74) is 0.761. The number of nitrogens with one attached hydrogen (secondary N) is 1. The minimum absolute atomic E-state index is 0.219. The molecule has 20 heavy (non-hydrogen) atoms. The number of hydrogen-bond donors (Lipinski definition) is 1. The molecule has 1 aromatic heterocycles. The highest BCUT2D eigenvalue weighted by Gasteiger charge is 2.30. The van der Waals surface area contributed by atoms with Crippen LogP contribution in [0.15, 0.2) is 12.3 Å². The minimum atomic E-state index is -3.25. The Labute approximate surface area is 118 Å². The zero-order valence-electron chi connectivity index (χ0n) is 11.5. The van der Waals surface area contributed by atoms with Crippen LogP contribution < -0.4 is 5.32 Å². The number of nitrogens with zero attached hydrogens (tertiary/aromatic N) is 3. The van der Waals surface area contributed by atoms with E-state index in [1.165, 1.54) is 4.31 Å². The standard InChI is InChI=1S/C12H18N4O3S/c1-9-5-6-13-12(14-9)15-11(17)10-4-3-7-16(8-10)20(2,18)19/h5-6,10H,3-4,7-8H2,1-2H3,(H,13,14,15,17). The molecular weight excluding hydrogens is 280 g/mol. The molecule has 2 rings (SSSR count). The van der Waals surface area contributed by atoms with Gasteiger partial charge in [0.2, 0.25) is 21.9 Å². The Morgan fingerprint density at radius 3 is 2.90 bits per heavy atom. The van der Waals surface area contributed by atoms with E-state index >= 15 is 0 Å². The lowest BCUT2D eigenvalue weighted by Gasteiger charge is -2.29. The van der Waals surface area contributed by atoms with Crippen molar-refractivity contribution in [1.29, 1.82) is 0 Å². The number of aryl methyl sites for hydroxylation is 1. The van der Waals surface area contributed by atoms with Gasteiger partial charge in [-0.2, -0.15) is 0 Å². The topological polar surface area (TPSA) is 92.3 Å². The molecule has 2 heterocycles. The van der Waals surface area contributed by atoms with Crippen LogP contribution >= 0.6 is 0 Å². The molecule has 1 unspecified atom stereocenters. The van der Waals surface area contributed by atoms with Crippen molar-refractivity contribution in [2.75, 3.05) is 24.7 Å². The first-order chi connectivity index (χ1) is 9.36.